The minimum atomic E-state index is -0.0253. The molecule has 1 aromatic carbocycles. The van der Waals surface area contributed by atoms with Crippen LogP contribution in [0.15, 0.2) is 48.9 Å². The Morgan fingerprint density at radius 2 is 2.00 bits per heavy atom. The number of pyridine rings is 1. The van der Waals surface area contributed by atoms with Gasteiger partial charge in [-0.25, -0.2) is 4.68 Å². The quantitative estimate of drug-likeness (QED) is 0.573. The molecule has 2 N–H and O–H groups in total. The van der Waals surface area contributed by atoms with Crippen molar-refractivity contribution in [3.63, 3.8) is 0 Å². The van der Waals surface area contributed by atoms with Gasteiger partial charge < -0.3 is 10.3 Å². The molecule has 0 radical (unpaired) electrons. The molecule has 0 saturated carbocycles. The van der Waals surface area contributed by atoms with Gasteiger partial charge in [0.2, 0.25) is 5.91 Å². The Balaban J connectivity index is 1.59. The highest BCUT2D eigenvalue weighted by molar-refractivity contribution is 5.95. The lowest BCUT2D eigenvalue weighted by molar-refractivity contribution is -0.116. The van der Waals surface area contributed by atoms with Crippen LogP contribution < -0.4 is 5.32 Å². The third kappa shape index (κ3) is 2.69. The number of hydrogen-bond donors (Lipinski definition) is 2. The van der Waals surface area contributed by atoms with Gasteiger partial charge in [-0.15, -0.1) is 0 Å². The molecule has 0 saturated heterocycles. The van der Waals surface area contributed by atoms with Crippen molar-refractivity contribution in [1.29, 1.82) is 0 Å². The van der Waals surface area contributed by atoms with Gasteiger partial charge in [0.15, 0.2) is 0 Å². The summed E-state index contributed by atoms with van der Waals surface area (Å²) >= 11 is 0. The van der Waals surface area contributed by atoms with Crippen LogP contribution in [0, 0.1) is 13.8 Å². The first-order valence-electron chi connectivity index (χ1n) is 9.43. The number of benzene rings is 1. The maximum absolute atomic E-state index is 12.5. The van der Waals surface area contributed by atoms with Gasteiger partial charge in [-0.2, -0.15) is 5.10 Å². The van der Waals surface area contributed by atoms with Crippen LogP contribution in [0.5, 0.6) is 0 Å². The number of aromatic nitrogens is 4. The Morgan fingerprint density at radius 3 is 2.82 bits per heavy atom. The first-order valence-corrected chi connectivity index (χ1v) is 9.43. The Morgan fingerprint density at radius 1 is 1.18 bits per heavy atom. The normalized spacial score (nSPS) is 16.2. The van der Waals surface area contributed by atoms with Crippen LogP contribution in [0.4, 0.5) is 5.82 Å². The summed E-state index contributed by atoms with van der Waals surface area (Å²) < 4.78 is 1.86. The minimum absolute atomic E-state index is 0.0169. The van der Waals surface area contributed by atoms with Crippen molar-refractivity contribution in [2.24, 2.45) is 0 Å². The number of carbonyl (C=O) groups excluding carboxylic acids is 1. The summed E-state index contributed by atoms with van der Waals surface area (Å²) in [6.45, 7) is 4.82. The third-order valence-corrected chi connectivity index (χ3v) is 5.57. The molecule has 28 heavy (non-hydrogen) atoms. The molecule has 3 aromatic heterocycles. The Hall–Kier alpha value is -3.41. The molecule has 4 aromatic rings. The summed E-state index contributed by atoms with van der Waals surface area (Å²) in [7, 11) is 0. The summed E-state index contributed by atoms with van der Waals surface area (Å²) in [5, 5.41) is 8.81. The number of hydrogen-bond acceptors (Lipinski definition) is 3. The van der Waals surface area contributed by atoms with Crippen LogP contribution in [0.1, 0.15) is 40.3 Å². The molecule has 1 atom stereocenters. The van der Waals surface area contributed by atoms with Crippen LogP contribution in [0.25, 0.3) is 10.9 Å². The molecule has 4 heterocycles. The number of carbonyl (C=O) groups is 1. The Bertz CT molecular complexity index is 1190. The molecule has 6 nitrogen and oxygen atoms in total. The van der Waals surface area contributed by atoms with Gasteiger partial charge in [-0.1, -0.05) is 11.6 Å². The maximum Gasteiger partial charge on any atom is 0.226 e. The number of H-pyrrole nitrogens is 1. The van der Waals surface area contributed by atoms with E-state index in [9.17, 15) is 4.79 Å². The average Bonchev–Trinajstić information content (AvgIpc) is 3.23. The van der Waals surface area contributed by atoms with E-state index in [0.717, 1.165) is 28.2 Å². The van der Waals surface area contributed by atoms with E-state index in [4.69, 9.17) is 0 Å². The fourth-order valence-electron chi connectivity index (χ4n) is 4.12. The number of rotatable bonds is 3. The predicted octanol–water partition coefficient (Wildman–Crippen LogP) is 3.90. The highest BCUT2D eigenvalue weighted by Crippen LogP contribution is 2.40. The number of amides is 1. The molecule has 1 aliphatic rings. The van der Waals surface area contributed by atoms with Crippen LogP contribution in [-0.4, -0.2) is 25.7 Å². The average molecular weight is 371 g/mol. The third-order valence-electron chi connectivity index (χ3n) is 5.57. The number of nitrogens with one attached hydrogen (secondary N) is 2. The van der Waals surface area contributed by atoms with Crippen LogP contribution in [0.3, 0.4) is 0 Å². The second-order valence-electron chi connectivity index (χ2n) is 7.48. The molecule has 5 rings (SSSR count). The van der Waals surface area contributed by atoms with Crippen molar-refractivity contribution >= 4 is 22.6 Å². The predicted molar refractivity (Wildman–Crippen MR) is 108 cm³/mol. The zero-order valence-electron chi connectivity index (χ0n) is 15.9. The minimum Gasteiger partial charge on any atom is -0.358 e. The van der Waals surface area contributed by atoms with Crippen LogP contribution >= 0.6 is 0 Å². The van der Waals surface area contributed by atoms with E-state index in [-0.39, 0.29) is 11.8 Å². The van der Waals surface area contributed by atoms with E-state index >= 15 is 0 Å². The SMILES string of the molecule is Cc1ccc2[nH]c([C@@H]3CC(=O)Nc4c3cnn4Cc3ccncc3)c(C)c2c1. The molecule has 1 amide bonds. The molecule has 0 unspecified atom stereocenters. The molecule has 0 bridgehead atoms. The molecular weight excluding hydrogens is 350 g/mol. The van der Waals surface area contributed by atoms with Crippen LogP contribution in [-0.2, 0) is 11.3 Å². The Kier molecular flexibility index (Phi) is 3.79. The summed E-state index contributed by atoms with van der Waals surface area (Å²) in [5.41, 5.74) is 6.78. The monoisotopic (exact) mass is 371 g/mol. The fraction of sp³-hybridized carbons (Fsp3) is 0.227. The van der Waals surface area contributed by atoms with Crippen LogP contribution in [0.2, 0.25) is 0 Å². The highest BCUT2D eigenvalue weighted by Gasteiger charge is 2.32. The molecule has 0 spiro atoms. The van der Waals surface area contributed by atoms with E-state index in [0.29, 0.717) is 13.0 Å². The Labute approximate surface area is 162 Å². The lowest BCUT2D eigenvalue weighted by Crippen LogP contribution is -2.25. The second-order valence-corrected chi connectivity index (χ2v) is 7.48. The van der Waals surface area contributed by atoms with Gasteiger partial charge in [0, 0.05) is 46.9 Å². The van der Waals surface area contributed by atoms with Crippen molar-refractivity contribution in [2.75, 3.05) is 5.32 Å². The van der Waals surface area contributed by atoms with Gasteiger partial charge in [0.05, 0.1) is 12.7 Å². The largest absolute Gasteiger partial charge is 0.358 e. The van der Waals surface area contributed by atoms with Crippen molar-refractivity contribution in [1.82, 2.24) is 19.7 Å². The van der Waals surface area contributed by atoms with E-state index < -0.39 is 0 Å². The van der Waals surface area contributed by atoms with E-state index in [1.54, 1.807) is 12.4 Å². The van der Waals surface area contributed by atoms with Crippen molar-refractivity contribution in [2.45, 2.75) is 32.7 Å². The van der Waals surface area contributed by atoms with Gasteiger partial charge in [0.1, 0.15) is 5.82 Å². The molecule has 1 aliphatic heterocycles. The van der Waals surface area contributed by atoms with E-state index in [2.05, 4.69) is 52.4 Å². The highest BCUT2D eigenvalue weighted by atomic mass is 16.1. The summed E-state index contributed by atoms with van der Waals surface area (Å²) in [4.78, 5) is 20.1. The van der Waals surface area contributed by atoms with Gasteiger partial charge in [-0.3, -0.25) is 9.78 Å². The number of anilines is 1. The first kappa shape index (κ1) is 16.7. The standard InChI is InChI=1S/C22H21N5O/c1-13-3-4-19-16(9-13)14(2)21(25-19)17-10-20(28)26-22-18(17)11-24-27(22)12-15-5-7-23-8-6-15/h3-9,11,17,25H,10,12H2,1-2H3,(H,26,28)/t17-/m1/s1. The second kappa shape index (κ2) is 6.34. The maximum atomic E-state index is 12.5. The van der Waals surface area contributed by atoms with Gasteiger partial charge >= 0.3 is 0 Å². The number of aryl methyl sites for hydroxylation is 2. The molecular formula is C22H21N5O. The lowest BCUT2D eigenvalue weighted by atomic mass is 9.89. The zero-order chi connectivity index (χ0) is 19.3. The molecule has 0 fully saturated rings. The van der Waals surface area contributed by atoms with Crippen molar-refractivity contribution < 1.29 is 4.79 Å². The topological polar surface area (TPSA) is 75.6 Å². The van der Waals surface area contributed by atoms with Gasteiger partial charge in [-0.05, 0) is 49.2 Å². The van der Waals surface area contributed by atoms with E-state index in [1.165, 1.54) is 16.5 Å². The number of nitrogens with zero attached hydrogens (tertiary/aromatic N) is 3. The van der Waals surface area contributed by atoms with Crippen molar-refractivity contribution in [3.05, 3.63) is 76.9 Å². The summed E-state index contributed by atoms with van der Waals surface area (Å²) in [5.74, 6) is 0.776. The fourth-order valence-corrected chi connectivity index (χ4v) is 4.12. The smallest absolute Gasteiger partial charge is 0.226 e. The lowest BCUT2D eigenvalue weighted by Gasteiger charge is -2.23. The summed E-state index contributed by atoms with van der Waals surface area (Å²) in [6.07, 6.45) is 5.84. The zero-order valence-corrected chi connectivity index (χ0v) is 15.9. The van der Waals surface area contributed by atoms with Gasteiger partial charge in [0.25, 0.3) is 0 Å². The first-order chi connectivity index (χ1) is 13.6. The number of aromatic amines is 1. The molecule has 140 valence electrons. The van der Waals surface area contributed by atoms with E-state index in [1.807, 2.05) is 23.0 Å². The molecule has 6 heteroatoms. The number of fused-ring (bicyclic) bond motifs is 2. The summed E-state index contributed by atoms with van der Waals surface area (Å²) in [6, 6.07) is 10.3. The molecule has 0 aliphatic carbocycles. The van der Waals surface area contributed by atoms with Crippen molar-refractivity contribution in [3.8, 4) is 0 Å².